The Hall–Kier alpha value is -4.30. The summed E-state index contributed by atoms with van der Waals surface area (Å²) in [6, 6.07) is 21.8. The zero-order valence-corrected chi connectivity index (χ0v) is 22.2. The Morgan fingerprint density at radius 1 is 0.974 bits per heavy atom. The lowest BCUT2D eigenvalue weighted by Gasteiger charge is -2.22. The number of rotatable bonds is 7. The molecule has 3 aromatic carbocycles. The van der Waals surface area contributed by atoms with Gasteiger partial charge in [-0.15, -0.1) is 10.2 Å². The van der Waals surface area contributed by atoms with Crippen molar-refractivity contribution >= 4 is 33.9 Å². The first-order valence-corrected chi connectivity index (χ1v) is 13.2. The van der Waals surface area contributed by atoms with E-state index in [1.807, 2.05) is 49.4 Å². The molecule has 4 aromatic rings. The summed E-state index contributed by atoms with van der Waals surface area (Å²) in [4.78, 5) is 27.8. The van der Waals surface area contributed by atoms with Gasteiger partial charge in [0.25, 0.3) is 5.78 Å². The highest BCUT2D eigenvalue weighted by Crippen LogP contribution is 2.43. The molecule has 1 aromatic heterocycles. The predicted octanol–water partition coefficient (Wildman–Crippen LogP) is 5.92. The number of carbonyl (C=O) groups excluding carboxylic acids is 2. The Morgan fingerprint density at radius 3 is 2.34 bits per heavy atom. The number of anilines is 1. The first-order chi connectivity index (χ1) is 18.4. The van der Waals surface area contributed by atoms with E-state index in [4.69, 9.17) is 4.74 Å². The van der Waals surface area contributed by atoms with Gasteiger partial charge in [0.2, 0.25) is 5.13 Å². The molecule has 1 aliphatic heterocycles. The predicted molar refractivity (Wildman–Crippen MR) is 147 cm³/mol. The molecule has 0 spiro atoms. The Labute approximate surface area is 225 Å². The summed E-state index contributed by atoms with van der Waals surface area (Å²) in [6.45, 7) is 6.28. The molecule has 192 valence electrons. The minimum atomic E-state index is -0.828. The first-order valence-electron chi connectivity index (χ1n) is 12.3. The number of amides is 1. The molecule has 2 heterocycles. The average Bonchev–Trinajstić information content (AvgIpc) is 3.47. The molecule has 0 radical (unpaired) electrons. The number of aliphatic hydroxyl groups excluding tert-OH is 1. The molecule has 0 saturated carbocycles. The standard InChI is InChI=1S/C30H27N3O4S/c1-4-20-8-10-22(11-9-20)26-25(28(35)29(36)33(26)30-32-31-19(3)38-30)27(34)23-12-14-24(15-13-23)37-17-21-7-5-6-18(2)16-21/h5-16,26,34H,4,17H2,1-3H3/b27-25+. The monoisotopic (exact) mass is 525 g/mol. The van der Waals surface area contributed by atoms with Crippen molar-refractivity contribution in [2.75, 3.05) is 4.90 Å². The van der Waals surface area contributed by atoms with Gasteiger partial charge < -0.3 is 9.84 Å². The average molecular weight is 526 g/mol. The molecule has 1 saturated heterocycles. The van der Waals surface area contributed by atoms with Crippen LogP contribution in [0.4, 0.5) is 5.13 Å². The fraction of sp³-hybridized carbons (Fsp3) is 0.200. The lowest BCUT2D eigenvalue weighted by molar-refractivity contribution is -0.132. The fourth-order valence-electron chi connectivity index (χ4n) is 4.50. The second-order valence-electron chi connectivity index (χ2n) is 9.17. The third-order valence-electron chi connectivity index (χ3n) is 6.49. The minimum Gasteiger partial charge on any atom is -0.507 e. The van der Waals surface area contributed by atoms with Gasteiger partial charge in [-0.3, -0.25) is 14.5 Å². The largest absolute Gasteiger partial charge is 0.507 e. The summed E-state index contributed by atoms with van der Waals surface area (Å²) in [5, 5.41) is 20.5. The maximum atomic E-state index is 13.3. The topological polar surface area (TPSA) is 92.6 Å². The summed E-state index contributed by atoms with van der Waals surface area (Å²) in [5.74, 6) is -1.13. The molecule has 5 rings (SSSR count). The van der Waals surface area contributed by atoms with Gasteiger partial charge in [0.05, 0.1) is 11.6 Å². The molecule has 1 fully saturated rings. The van der Waals surface area contributed by atoms with Crippen molar-refractivity contribution in [3.05, 3.63) is 111 Å². The molecule has 0 bridgehead atoms. The van der Waals surface area contributed by atoms with Crippen LogP contribution in [-0.2, 0) is 22.6 Å². The van der Waals surface area contributed by atoms with Crippen molar-refractivity contribution in [1.29, 1.82) is 0 Å². The van der Waals surface area contributed by atoms with E-state index in [-0.39, 0.29) is 11.3 Å². The molecule has 1 atom stereocenters. The van der Waals surface area contributed by atoms with Crippen LogP contribution < -0.4 is 9.64 Å². The van der Waals surface area contributed by atoms with Crippen LogP contribution in [0.25, 0.3) is 5.76 Å². The van der Waals surface area contributed by atoms with Crippen molar-refractivity contribution < 1.29 is 19.4 Å². The Morgan fingerprint density at radius 2 is 1.71 bits per heavy atom. The van der Waals surface area contributed by atoms with Crippen molar-refractivity contribution in [2.24, 2.45) is 0 Å². The summed E-state index contributed by atoms with van der Waals surface area (Å²) >= 11 is 1.22. The van der Waals surface area contributed by atoms with E-state index in [1.165, 1.54) is 16.2 Å². The van der Waals surface area contributed by atoms with Gasteiger partial charge in [-0.25, -0.2) is 0 Å². The summed E-state index contributed by atoms with van der Waals surface area (Å²) in [7, 11) is 0. The van der Waals surface area contributed by atoms with Crippen LogP contribution >= 0.6 is 11.3 Å². The second-order valence-corrected chi connectivity index (χ2v) is 10.3. The zero-order chi connectivity index (χ0) is 26.8. The van der Waals surface area contributed by atoms with Gasteiger partial charge in [0.1, 0.15) is 23.1 Å². The molecule has 0 aliphatic carbocycles. The fourth-order valence-corrected chi connectivity index (χ4v) is 5.21. The first kappa shape index (κ1) is 25.4. The maximum absolute atomic E-state index is 13.3. The summed E-state index contributed by atoms with van der Waals surface area (Å²) < 4.78 is 5.89. The van der Waals surface area contributed by atoms with Gasteiger partial charge in [0.15, 0.2) is 0 Å². The molecule has 1 N–H and O–H groups in total. The molecular formula is C30H27N3O4S. The van der Waals surface area contributed by atoms with Crippen LogP contribution in [0.3, 0.4) is 0 Å². The van der Waals surface area contributed by atoms with Crippen molar-refractivity contribution in [3.8, 4) is 5.75 Å². The number of benzene rings is 3. The van der Waals surface area contributed by atoms with E-state index >= 15 is 0 Å². The lowest BCUT2D eigenvalue weighted by atomic mass is 9.94. The van der Waals surface area contributed by atoms with E-state index < -0.39 is 17.7 Å². The van der Waals surface area contributed by atoms with Gasteiger partial charge >= 0.3 is 5.91 Å². The van der Waals surface area contributed by atoms with Gasteiger partial charge in [-0.1, -0.05) is 72.4 Å². The number of Topliss-reactive ketones (excluding diaryl/α,β-unsaturated/α-hetero) is 1. The highest BCUT2D eigenvalue weighted by Gasteiger charge is 2.48. The van der Waals surface area contributed by atoms with Gasteiger partial charge in [0, 0.05) is 5.56 Å². The van der Waals surface area contributed by atoms with E-state index in [1.54, 1.807) is 31.2 Å². The molecule has 8 heteroatoms. The number of aliphatic hydroxyl groups is 1. The highest BCUT2D eigenvalue weighted by atomic mass is 32.1. The quantitative estimate of drug-likeness (QED) is 0.183. The molecule has 7 nitrogen and oxygen atoms in total. The molecule has 38 heavy (non-hydrogen) atoms. The number of hydrogen-bond donors (Lipinski definition) is 1. The second kappa shape index (κ2) is 10.6. The minimum absolute atomic E-state index is 0.0144. The van der Waals surface area contributed by atoms with E-state index in [2.05, 4.69) is 23.2 Å². The van der Waals surface area contributed by atoms with Gasteiger partial charge in [-0.2, -0.15) is 0 Å². The van der Waals surface area contributed by atoms with Crippen LogP contribution in [-0.4, -0.2) is 27.0 Å². The molecular weight excluding hydrogens is 498 g/mol. The Kier molecular flexibility index (Phi) is 7.07. The van der Waals surface area contributed by atoms with Crippen molar-refractivity contribution in [1.82, 2.24) is 10.2 Å². The van der Waals surface area contributed by atoms with Crippen LogP contribution in [0.15, 0.2) is 78.4 Å². The van der Waals surface area contributed by atoms with Crippen LogP contribution in [0.1, 0.15) is 45.8 Å². The maximum Gasteiger partial charge on any atom is 0.301 e. The Bertz CT molecular complexity index is 1520. The normalized spacial score (nSPS) is 16.7. The van der Waals surface area contributed by atoms with Crippen molar-refractivity contribution in [2.45, 2.75) is 39.8 Å². The number of carbonyl (C=O) groups is 2. The van der Waals surface area contributed by atoms with Crippen LogP contribution in [0, 0.1) is 13.8 Å². The molecule has 1 unspecified atom stereocenters. The SMILES string of the molecule is CCc1ccc(C2/C(=C(\O)c3ccc(OCc4cccc(C)c4)cc3)C(=O)C(=O)N2c2nnc(C)s2)cc1. The Balaban J connectivity index is 1.50. The number of ether oxygens (including phenoxy) is 1. The van der Waals surface area contributed by atoms with E-state index in [0.29, 0.717) is 33.6 Å². The number of aryl methyl sites for hydroxylation is 3. The summed E-state index contributed by atoms with van der Waals surface area (Å²) in [5.41, 5.74) is 4.46. The van der Waals surface area contributed by atoms with Gasteiger partial charge in [-0.05, 0) is 61.2 Å². The number of hydrogen-bond acceptors (Lipinski definition) is 7. The highest BCUT2D eigenvalue weighted by molar-refractivity contribution is 7.15. The van der Waals surface area contributed by atoms with E-state index in [0.717, 1.165) is 23.1 Å². The molecule has 1 aliphatic rings. The number of aromatic nitrogens is 2. The summed E-state index contributed by atoms with van der Waals surface area (Å²) in [6.07, 6.45) is 0.856. The molecule has 1 amide bonds. The lowest BCUT2D eigenvalue weighted by Crippen LogP contribution is -2.29. The van der Waals surface area contributed by atoms with Crippen LogP contribution in [0.2, 0.25) is 0 Å². The van der Waals surface area contributed by atoms with Crippen LogP contribution in [0.5, 0.6) is 5.75 Å². The third kappa shape index (κ3) is 4.95. The third-order valence-corrected chi connectivity index (χ3v) is 7.32. The number of nitrogens with zero attached hydrogens (tertiary/aromatic N) is 3. The van der Waals surface area contributed by atoms with E-state index in [9.17, 15) is 14.7 Å². The number of ketones is 1. The zero-order valence-electron chi connectivity index (χ0n) is 21.3. The smallest absolute Gasteiger partial charge is 0.301 e. The van der Waals surface area contributed by atoms with Crippen molar-refractivity contribution in [3.63, 3.8) is 0 Å².